The summed E-state index contributed by atoms with van der Waals surface area (Å²) in [5.41, 5.74) is 6.33. The molecule has 7 heteroatoms. The van der Waals surface area contributed by atoms with Gasteiger partial charge in [0.1, 0.15) is 18.8 Å². The van der Waals surface area contributed by atoms with E-state index < -0.39 is 0 Å². The molecular weight excluding hydrogens is 467 g/mol. The highest BCUT2D eigenvalue weighted by molar-refractivity contribution is 6.44. The maximum atomic E-state index is 5.16. The van der Waals surface area contributed by atoms with Crippen LogP contribution in [0, 0.1) is 12.8 Å². The second-order valence-corrected chi connectivity index (χ2v) is 10.3. The van der Waals surface area contributed by atoms with Crippen molar-refractivity contribution in [3.05, 3.63) is 79.0 Å². The molecule has 2 aliphatic rings. The SMILES string of the molecule is C=C[B]C1C[C@@H]2C[C@H]1CN2c1ccc(-n2nc(-c3cccc4nn(C)cc34)c3cccc(C)c32)cn1.CC. The highest BCUT2D eigenvalue weighted by atomic mass is 15.3. The largest absolute Gasteiger partial charge is 0.353 e. The number of fused-ring (bicyclic) bond motifs is 4. The second-order valence-electron chi connectivity index (χ2n) is 10.3. The lowest BCUT2D eigenvalue weighted by molar-refractivity contribution is 0.547. The number of pyridine rings is 1. The zero-order valence-corrected chi connectivity index (χ0v) is 22.7. The van der Waals surface area contributed by atoms with Crippen molar-refractivity contribution in [3.63, 3.8) is 0 Å². The van der Waals surface area contributed by atoms with Crippen LogP contribution in [0.2, 0.25) is 5.82 Å². The second kappa shape index (κ2) is 9.78. The van der Waals surface area contributed by atoms with E-state index in [9.17, 15) is 0 Å². The molecule has 5 aromatic rings. The minimum Gasteiger partial charge on any atom is -0.353 e. The number of anilines is 1. The number of aryl methyl sites for hydroxylation is 2. The van der Waals surface area contributed by atoms with Gasteiger partial charge >= 0.3 is 0 Å². The van der Waals surface area contributed by atoms with Crippen LogP contribution in [-0.4, -0.2) is 44.4 Å². The number of aromatic nitrogens is 5. The van der Waals surface area contributed by atoms with Gasteiger partial charge in [-0.15, -0.1) is 12.6 Å². The van der Waals surface area contributed by atoms with Crippen LogP contribution >= 0.6 is 0 Å². The Kier molecular flexibility index (Phi) is 6.30. The summed E-state index contributed by atoms with van der Waals surface area (Å²) in [7, 11) is 4.25. The fourth-order valence-corrected chi connectivity index (χ4v) is 6.45. The Bertz CT molecular complexity index is 1620. The quantitative estimate of drug-likeness (QED) is 0.257. The molecule has 1 aliphatic heterocycles. The number of hydrogen-bond acceptors (Lipinski definition) is 4. The minimum atomic E-state index is 0.578. The Morgan fingerprint density at radius 2 is 1.84 bits per heavy atom. The summed E-state index contributed by atoms with van der Waals surface area (Å²) in [4.78, 5) is 7.41. The number of rotatable bonds is 5. The molecule has 3 aromatic heterocycles. The molecular formula is C31H34BN6. The number of nitrogens with zero attached hydrogens (tertiary/aromatic N) is 6. The maximum Gasteiger partial charge on any atom is 0.144 e. The molecule has 38 heavy (non-hydrogen) atoms. The van der Waals surface area contributed by atoms with Crippen LogP contribution in [0.3, 0.4) is 0 Å². The van der Waals surface area contributed by atoms with Crippen molar-refractivity contribution in [2.45, 2.75) is 45.5 Å². The van der Waals surface area contributed by atoms with Gasteiger partial charge in [0.05, 0.1) is 22.9 Å². The summed E-state index contributed by atoms with van der Waals surface area (Å²) in [6, 6.07) is 17.6. The van der Waals surface area contributed by atoms with Gasteiger partial charge in [-0.2, -0.15) is 10.2 Å². The molecule has 2 fully saturated rings. The molecule has 1 unspecified atom stereocenters. The van der Waals surface area contributed by atoms with E-state index in [1.54, 1.807) is 0 Å². The summed E-state index contributed by atoms with van der Waals surface area (Å²) in [6.45, 7) is 11.1. The molecule has 2 aromatic carbocycles. The number of piperidine rings is 1. The molecule has 1 saturated carbocycles. The Hall–Kier alpha value is -3.87. The van der Waals surface area contributed by atoms with Gasteiger partial charge in [0.2, 0.25) is 0 Å². The first-order chi connectivity index (χ1) is 18.6. The van der Waals surface area contributed by atoms with Crippen molar-refractivity contribution in [3.8, 4) is 16.9 Å². The minimum absolute atomic E-state index is 0.578. The molecule has 191 valence electrons. The zero-order valence-electron chi connectivity index (χ0n) is 22.7. The van der Waals surface area contributed by atoms with Crippen molar-refractivity contribution >= 4 is 34.9 Å². The topological polar surface area (TPSA) is 51.8 Å². The Morgan fingerprint density at radius 1 is 1.00 bits per heavy atom. The van der Waals surface area contributed by atoms with E-state index in [-0.39, 0.29) is 0 Å². The summed E-state index contributed by atoms with van der Waals surface area (Å²) >= 11 is 0. The smallest absolute Gasteiger partial charge is 0.144 e. The monoisotopic (exact) mass is 501 g/mol. The van der Waals surface area contributed by atoms with Gasteiger partial charge in [0.25, 0.3) is 0 Å². The Balaban J connectivity index is 0.00000129. The summed E-state index contributed by atoms with van der Waals surface area (Å²) in [5, 5.41) is 12.0. The first kappa shape index (κ1) is 24.5. The van der Waals surface area contributed by atoms with Gasteiger partial charge in [-0.3, -0.25) is 4.68 Å². The molecule has 1 saturated heterocycles. The van der Waals surface area contributed by atoms with Crippen LogP contribution in [0.4, 0.5) is 5.82 Å². The molecule has 0 spiro atoms. The zero-order chi connectivity index (χ0) is 26.4. The highest BCUT2D eigenvalue weighted by Crippen LogP contribution is 2.46. The first-order valence-electron chi connectivity index (χ1n) is 13.7. The summed E-state index contributed by atoms with van der Waals surface area (Å²) < 4.78 is 3.92. The standard InChI is InChI=1S/C29H28BN6.C2H6/c1-4-30-25-14-21-13-19(25)16-35(21)27-12-11-20(15-31-27)36-29-18(2)7-5-9-23(29)28(33-36)22-8-6-10-26-24(22)17-34(3)32-26;1-2/h4-12,15,17,19,21,25H,1,13-14,16H2,2-3H3;1-2H3/t19-,21-,25?;/m0./s1. The fourth-order valence-electron chi connectivity index (χ4n) is 6.45. The third kappa shape index (κ3) is 3.92. The van der Waals surface area contributed by atoms with Crippen LogP contribution in [0.25, 0.3) is 38.8 Å². The fraction of sp³-hybridized carbons (Fsp3) is 0.323. The average molecular weight is 501 g/mol. The van der Waals surface area contributed by atoms with Gasteiger partial charge in [-0.25, -0.2) is 9.67 Å². The van der Waals surface area contributed by atoms with E-state index in [1.807, 2.05) is 37.7 Å². The molecule has 6 nitrogen and oxygen atoms in total. The third-order valence-corrected chi connectivity index (χ3v) is 8.08. The molecule has 3 atom stereocenters. The van der Waals surface area contributed by atoms with Crippen LogP contribution < -0.4 is 4.90 Å². The van der Waals surface area contributed by atoms with Gasteiger partial charge in [-0.1, -0.05) is 50.0 Å². The van der Waals surface area contributed by atoms with E-state index in [2.05, 4.69) is 90.2 Å². The Labute approximate surface area is 225 Å². The van der Waals surface area contributed by atoms with Gasteiger partial charge in [0, 0.05) is 42.2 Å². The molecule has 0 N–H and O–H groups in total. The third-order valence-electron chi connectivity index (χ3n) is 8.08. The van der Waals surface area contributed by atoms with Crippen LogP contribution in [0.5, 0.6) is 0 Å². The van der Waals surface area contributed by atoms with Crippen molar-refractivity contribution in [1.29, 1.82) is 0 Å². The van der Waals surface area contributed by atoms with E-state index in [0.717, 1.165) is 51.1 Å². The lowest BCUT2D eigenvalue weighted by atomic mass is 9.60. The molecule has 1 radical (unpaired) electrons. The number of hydrogen-bond donors (Lipinski definition) is 0. The lowest BCUT2D eigenvalue weighted by Gasteiger charge is -2.32. The van der Waals surface area contributed by atoms with Gasteiger partial charge in [-0.05, 0) is 49.4 Å². The van der Waals surface area contributed by atoms with E-state index in [0.29, 0.717) is 17.8 Å². The summed E-state index contributed by atoms with van der Waals surface area (Å²) in [5.74, 6) is 4.41. The molecule has 4 heterocycles. The van der Waals surface area contributed by atoms with Crippen molar-refractivity contribution in [2.75, 3.05) is 11.4 Å². The molecule has 1 aliphatic carbocycles. The van der Waals surface area contributed by atoms with Crippen LogP contribution in [0.1, 0.15) is 32.3 Å². The highest BCUT2D eigenvalue weighted by Gasteiger charge is 2.44. The average Bonchev–Trinajstić information content (AvgIpc) is 3.71. The van der Waals surface area contributed by atoms with Crippen LogP contribution in [0.15, 0.2) is 73.5 Å². The van der Waals surface area contributed by atoms with Crippen LogP contribution in [-0.2, 0) is 7.05 Å². The number of benzene rings is 2. The number of para-hydroxylation sites is 1. The van der Waals surface area contributed by atoms with Gasteiger partial charge < -0.3 is 4.90 Å². The molecule has 0 amide bonds. The van der Waals surface area contributed by atoms with E-state index in [4.69, 9.17) is 10.1 Å². The molecule has 2 bridgehead atoms. The first-order valence-corrected chi connectivity index (χ1v) is 13.7. The van der Waals surface area contributed by atoms with E-state index >= 15 is 0 Å². The summed E-state index contributed by atoms with van der Waals surface area (Å²) in [6.07, 6.45) is 6.50. The normalized spacial score (nSPS) is 20.1. The predicted octanol–water partition coefficient (Wildman–Crippen LogP) is 6.54. The van der Waals surface area contributed by atoms with Crippen molar-refractivity contribution < 1.29 is 0 Å². The Morgan fingerprint density at radius 3 is 2.58 bits per heavy atom. The van der Waals surface area contributed by atoms with E-state index in [1.165, 1.54) is 18.4 Å². The van der Waals surface area contributed by atoms with Crippen molar-refractivity contribution in [2.24, 2.45) is 13.0 Å². The van der Waals surface area contributed by atoms with Gasteiger partial charge in [0.15, 0.2) is 0 Å². The molecule has 7 rings (SSSR count). The van der Waals surface area contributed by atoms with Crippen molar-refractivity contribution in [1.82, 2.24) is 24.5 Å². The maximum absolute atomic E-state index is 5.16. The predicted molar refractivity (Wildman–Crippen MR) is 158 cm³/mol. The lowest BCUT2D eigenvalue weighted by Crippen LogP contribution is -2.35.